The molecule has 0 fully saturated rings. The Kier molecular flexibility index (Phi) is 7.09. The van der Waals surface area contributed by atoms with Crippen molar-refractivity contribution < 1.29 is 13.2 Å². The van der Waals surface area contributed by atoms with Gasteiger partial charge in [-0.2, -0.15) is 0 Å². The van der Waals surface area contributed by atoms with Gasteiger partial charge in [0.15, 0.2) is 0 Å². The molecule has 0 spiro atoms. The summed E-state index contributed by atoms with van der Waals surface area (Å²) < 4.78 is 32.2. The molecule has 2 rings (SSSR count). The first-order valence-corrected chi connectivity index (χ1v) is 9.95. The Morgan fingerprint density at radius 2 is 1.79 bits per heavy atom. The fraction of sp³-hybridized carbons (Fsp3) is 0.333. The Bertz CT molecular complexity index is 745. The van der Waals surface area contributed by atoms with Gasteiger partial charge in [-0.25, -0.2) is 13.1 Å². The third kappa shape index (κ3) is 6.15. The van der Waals surface area contributed by atoms with Gasteiger partial charge in [0.1, 0.15) is 12.4 Å². The van der Waals surface area contributed by atoms with E-state index in [1.54, 1.807) is 24.3 Å². The van der Waals surface area contributed by atoms with Gasteiger partial charge in [-0.3, -0.25) is 0 Å². The first kappa shape index (κ1) is 18.8. The van der Waals surface area contributed by atoms with Crippen molar-refractivity contribution in [1.29, 1.82) is 0 Å². The molecule has 1 N–H and O–H groups in total. The van der Waals surface area contributed by atoms with Gasteiger partial charge < -0.3 is 4.74 Å². The highest BCUT2D eigenvalue weighted by molar-refractivity contribution is 7.88. The fourth-order valence-corrected chi connectivity index (χ4v) is 3.72. The average molecular weight is 368 g/mol. The van der Waals surface area contributed by atoms with Crippen LogP contribution in [0.1, 0.15) is 24.5 Å². The zero-order chi connectivity index (χ0) is 17.4. The minimum absolute atomic E-state index is 0.140. The number of aryl methyl sites for hydroxylation is 1. The molecule has 0 aliphatic carbocycles. The van der Waals surface area contributed by atoms with Crippen LogP contribution in [-0.4, -0.2) is 21.6 Å². The van der Waals surface area contributed by atoms with E-state index >= 15 is 0 Å². The van der Waals surface area contributed by atoms with Gasteiger partial charge in [-0.1, -0.05) is 55.3 Å². The van der Waals surface area contributed by atoms with Crippen LogP contribution in [-0.2, 0) is 22.2 Å². The van der Waals surface area contributed by atoms with E-state index in [0.29, 0.717) is 10.6 Å². The van der Waals surface area contributed by atoms with Crippen molar-refractivity contribution in [2.24, 2.45) is 0 Å². The summed E-state index contributed by atoms with van der Waals surface area (Å²) in [5.41, 5.74) is 1.85. The Labute approximate surface area is 148 Å². The van der Waals surface area contributed by atoms with E-state index in [1.165, 1.54) is 5.56 Å². The second kappa shape index (κ2) is 9.06. The summed E-state index contributed by atoms with van der Waals surface area (Å²) in [7, 11) is -3.44. The predicted octanol–water partition coefficient (Wildman–Crippen LogP) is 3.79. The minimum Gasteiger partial charge on any atom is -0.492 e. The molecule has 0 heterocycles. The minimum atomic E-state index is -3.44. The van der Waals surface area contributed by atoms with Gasteiger partial charge in [-0.15, -0.1) is 0 Å². The van der Waals surface area contributed by atoms with Crippen molar-refractivity contribution in [1.82, 2.24) is 4.72 Å². The Balaban J connectivity index is 1.77. The van der Waals surface area contributed by atoms with Crippen LogP contribution in [0.3, 0.4) is 0 Å². The van der Waals surface area contributed by atoms with Crippen LogP contribution in [0, 0.1) is 0 Å². The first-order chi connectivity index (χ1) is 11.5. The van der Waals surface area contributed by atoms with Crippen molar-refractivity contribution in [3.8, 4) is 5.75 Å². The average Bonchev–Trinajstić information content (AvgIpc) is 2.55. The lowest BCUT2D eigenvalue weighted by Gasteiger charge is -2.10. The highest BCUT2D eigenvalue weighted by Crippen LogP contribution is 2.17. The predicted molar refractivity (Wildman–Crippen MR) is 98.0 cm³/mol. The van der Waals surface area contributed by atoms with E-state index in [1.807, 2.05) is 24.3 Å². The maximum absolute atomic E-state index is 12.1. The number of ether oxygens (including phenoxy) is 1. The quantitative estimate of drug-likeness (QED) is 0.686. The van der Waals surface area contributed by atoms with Crippen LogP contribution in [0.4, 0.5) is 0 Å². The molecule has 4 nitrogen and oxygen atoms in total. The van der Waals surface area contributed by atoms with E-state index in [-0.39, 0.29) is 18.9 Å². The highest BCUT2D eigenvalue weighted by Gasteiger charge is 2.13. The zero-order valence-corrected chi connectivity index (χ0v) is 15.2. The van der Waals surface area contributed by atoms with E-state index in [2.05, 4.69) is 11.6 Å². The molecular weight excluding hydrogens is 346 g/mol. The largest absolute Gasteiger partial charge is 0.492 e. The monoisotopic (exact) mass is 367 g/mol. The molecule has 0 saturated carbocycles. The van der Waals surface area contributed by atoms with Crippen molar-refractivity contribution in [2.75, 3.05) is 13.2 Å². The van der Waals surface area contributed by atoms with E-state index in [4.69, 9.17) is 16.3 Å². The molecule has 0 amide bonds. The summed E-state index contributed by atoms with van der Waals surface area (Å²) in [5, 5.41) is 0.450. The normalized spacial score (nSPS) is 11.4. The summed E-state index contributed by atoms with van der Waals surface area (Å²) in [6.07, 6.45) is 2.15. The molecule has 0 aromatic heterocycles. The smallest absolute Gasteiger partial charge is 0.215 e. The standard InChI is InChI=1S/C18H22ClNO3S/c1-2-5-15-8-10-17(11-9-15)23-13-12-20-24(21,22)14-16-6-3-4-7-18(16)19/h3-4,6-11,20H,2,5,12-14H2,1H3. The number of halogens is 1. The lowest BCUT2D eigenvalue weighted by Crippen LogP contribution is -2.29. The second-order valence-corrected chi connectivity index (χ2v) is 7.70. The first-order valence-electron chi connectivity index (χ1n) is 7.92. The summed E-state index contributed by atoms with van der Waals surface area (Å²) >= 11 is 5.99. The molecule has 0 saturated heterocycles. The number of nitrogens with one attached hydrogen (secondary N) is 1. The van der Waals surface area contributed by atoms with Crippen LogP contribution >= 0.6 is 11.6 Å². The summed E-state index contributed by atoms with van der Waals surface area (Å²) in [6.45, 7) is 2.62. The van der Waals surface area contributed by atoms with Crippen molar-refractivity contribution in [2.45, 2.75) is 25.5 Å². The Hall–Kier alpha value is -1.56. The molecule has 2 aromatic rings. The van der Waals surface area contributed by atoms with Gasteiger partial charge >= 0.3 is 0 Å². The van der Waals surface area contributed by atoms with Crippen LogP contribution in [0.25, 0.3) is 0 Å². The molecule has 0 bridgehead atoms. The van der Waals surface area contributed by atoms with Crippen molar-refractivity contribution in [3.63, 3.8) is 0 Å². The summed E-state index contributed by atoms with van der Waals surface area (Å²) in [4.78, 5) is 0. The highest BCUT2D eigenvalue weighted by atomic mass is 35.5. The van der Waals surface area contributed by atoms with E-state index in [9.17, 15) is 8.42 Å². The van der Waals surface area contributed by atoms with Gasteiger partial charge in [0.05, 0.1) is 5.75 Å². The van der Waals surface area contributed by atoms with Gasteiger partial charge in [0.25, 0.3) is 0 Å². The van der Waals surface area contributed by atoms with Crippen molar-refractivity contribution in [3.05, 3.63) is 64.7 Å². The molecule has 130 valence electrons. The molecule has 0 aliphatic heterocycles. The van der Waals surface area contributed by atoms with Gasteiger partial charge in [0.2, 0.25) is 10.0 Å². The fourth-order valence-electron chi connectivity index (χ4n) is 2.28. The zero-order valence-electron chi connectivity index (χ0n) is 13.7. The van der Waals surface area contributed by atoms with Crippen LogP contribution in [0.15, 0.2) is 48.5 Å². The third-order valence-electron chi connectivity index (χ3n) is 3.46. The van der Waals surface area contributed by atoms with Crippen LogP contribution in [0.5, 0.6) is 5.75 Å². The maximum atomic E-state index is 12.1. The Morgan fingerprint density at radius 3 is 2.46 bits per heavy atom. The maximum Gasteiger partial charge on any atom is 0.215 e. The van der Waals surface area contributed by atoms with Gasteiger partial charge in [0, 0.05) is 11.6 Å². The topological polar surface area (TPSA) is 55.4 Å². The summed E-state index contributed by atoms with van der Waals surface area (Å²) in [6, 6.07) is 14.8. The van der Waals surface area contributed by atoms with Crippen LogP contribution < -0.4 is 9.46 Å². The third-order valence-corrected chi connectivity index (χ3v) is 5.16. The molecule has 6 heteroatoms. The lowest BCUT2D eigenvalue weighted by molar-refractivity contribution is 0.322. The molecule has 0 radical (unpaired) electrons. The Morgan fingerprint density at radius 1 is 1.08 bits per heavy atom. The number of hydrogen-bond acceptors (Lipinski definition) is 3. The van der Waals surface area contributed by atoms with E-state index in [0.717, 1.165) is 18.6 Å². The van der Waals surface area contributed by atoms with Crippen LogP contribution in [0.2, 0.25) is 5.02 Å². The SMILES string of the molecule is CCCc1ccc(OCCNS(=O)(=O)Cc2ccccc2Cl)cc1. The molecule has 0 atom stereocenters. The van der Waals surface area contributed by atoms with E-state index < -0.39 is 10.0 Å². The molecule has 0 unspecified atom stereocenters. The second-order valence-electron chi connectivity index (χ2n) is 5.49. The molecule has 2 aromatic carbocycles. The van der Waals surface area contributed by atoms with Crippen molar-refractivity contribution >= 4 is 21.6 Å². The summed E-state index contributed by atoms with van der Waals surface area (Å²) in [5.74, 6) is 0.596. The number of benzene rings is 2. The molecule has 0 aliphatic rings. The molecule has 24 heavy (non-hydrogen) atoms. The number of sulfonamides is 1. The number of rotatable bonds is 9. The number of hydrogen-bond donors (Lipinski definition) is 1. The van der Waals surface area contributed by atoms with Gasteiger partial charge in [-0.05, 0) is 35.7 Å². The molecular formula is C18H22ClNO3S. The lowest BCUT2D eigenvalue weighted by atomic mass is 10.1.